The van der Waals surface area contributed by atoms with Crippen molar-refractivity contribution in [2.45, 2.75) is 45.1 Å². The van der Waals surface area contributed by atoms with Gasteiger partial charge in [-0.3, -0.25) is 4.79 Å². The maximum absolute atomic E-state index is 10.6. The molecule has 104 valence electrons. The second-order valence-corrected chi connectivity index (χ2v) is 5.41. The summed E-state index contributed by atoms with van der Waals surface area (Å²) in [5.41, 5.74) is 1.95. The van der Waals surface area contributed by atoms with Crippen LogP contribution in [0.5, 0.6) is 0 Å². The first-order valence-electron chi connectivity index (χ1n) is 7.11. The molecule has 1 aliphatic rings. The van der Waals surface area contributed by atoms with E-state index in [-0.39, 0.29) is 6.42 Å². The van der Waals surface area contributed by atoms with Gasteiger partial charge in [-0.15, -0.1) is 0 Å². The lowest BCUT2D eigenvalue weighted by molar-refractivity contribution is -0.136. The number of aliphatic carboxylic acids is 1. The summed E-state index contributed by atoms with van der Waals surface area (Å²) in [4.78, 5) is 10.6. The first-order chi connectivity index (χ1) is 9.24. The van der Waals surface area contributed by atoms with Crippen LogP contribution in [0.4, 0.5) is 0 Å². The number of ether oxygens (including phenoxy) is 1. The zero-order valence-corrected chi connectivity index (χ0v) is 11.3. The zero-order valence-electron chi connectivity index (χ0n) is 11.3. The maximum Gasteiger partial charge on any atom is 0.307 e. The Morgan fingerprint density at radius 2 is 1.74 bits per heavy atom. The number of rotatable bonds is 6. The second kappa shape index (κ2) is 7.29. The lowest BCUT2D eigenvalue weighted by Gasteiger charge is -2.21. The van der Waals surface area contributed by atoms with Gasteiger partial charge < -0.3 is 9.84 Å². The molecule has 1 N–H and O–H groups in total. The van der Waals surface area contributed by atoms with Gasteiger partial charge in [0.2, 0.25) is 0 Å². The first-order valence-corrected chi connectivity index (χ1v) is 7.11. The Kier molecular flexibility index (Phi) is 5.40. The molecular weight excluding hydrogens is 240 g/mol. The van der Waals surface area contributed by atoms with Crippen LogP contribution in [-0.4, -0.2) is 17.7 Å². The van der Waals surface area contributed by atoms with Crippen LogP contribution in [0.3, 0.4) is 0 Å². The van der Waals surface area contributed by atoms with Crippen LogP contribution < -0.4 is 0 Å². The summed E-state index contributed by atoms with van der Waals surface area (Å²) < 4.78 is 5.76. The molecule has 0 aliphatic heterocycles. The van der Waals surface area contributed by atoms with Crippen molar-refractivity contribution in [1.82, 2.24) is 0 Å². The van der Waals surface area contributed by atoms with Gasteiger partial charge in [0, 0.05) is 6.61 Å². The van der Waals surface area contributed by atoms with Crippen molar-refractivity contribution in [3.8, 4) is 0 Å². The molecule has 1 aliphatic carbocycles. The minimum absolute atomic E-state index is 0.0865. The Hall–Kier alpha value is -1.35. The molecule has 0 radical (unpaired) electrons. The number of benzene rings is 1. The number of hydrogen-bond donors (Lipinski definition) is 1. The molecule has 19 heavy (non-hydrogen) atoms. The summed E-state index contributed by atoms with van der Waals surface area (Å²) in [5.74, 6) is -0.0543. The number of carboxylic acid groups (broad SMARTS) is 1. The third-order valence-electron chi connectivity index (χ3n) is 3.73. The lowest BCUT2D eigenvalue weighted by atomic mass is 9.90. The fraction of sp³-hybridized carbons (Fsp3) is 0.562. The van der Waals surface area contributed by atoms with Gasteiger partial charge in [0.1, 0.15) is 0 Å². The van der Waals surface area contributed by atoms with Gasteiger partial charge in [-0.25, -0.2) is 0 Å². The Morgan fingerprint density at radius 1 is 1.11 bits per heavy atom. The Balaban J connectivity index is 1.71. The van der Waals surface area contributed by atoms with E-state index in [0.717, 1.165) is 23.7 Å². The summed E-state index contributed by atoms with van der Waals surface area (Å²) >= 11 is 0. The third kappa shape index (κ3) is 5.03. The summed E-state index contributed by atoms with van der Waals surface area (Å²) in [7, 11) is 0. The smallest absolute Gasteiger partial charge is 0.307 e. The largest absolute Gasteiger partial charge is 0.481 e. The Morgan fingerprint density at radius 3 is 2.37 bits per heavy atom. The van der Waals surface area contributed by atoms with Gasteiger partial charge in [-0.2, -0.15) is 0 Å². The predicted molar refractivity (Wildman–Crippen MR) is 74.0 cm³/mol. The highest BCUT2D eigenvalue weighted by molar-refractivity contribution is 5.70. The third-order valence-corrected chi connectivity index (χ3v) is 3.73. The van der Waals surface area contributed by atoms with Gasteiger partial charge in [-0.1, -0.05) is 43.5 Å². The molecule has 1 aromatic carbocycles. The van der Waals surface area contributed by atoms with Gasteiger partial charge >= 0.3 is 5.97 Å². The van der Waals surface area contributed by atoms with Crippen molar-refractivity contribution in [2.75, 3.05) is 6.61 Å². The molecule has 2 rings (SSSR count). The van der Waals surface area contributed by atoms with Crippen molar-refractivity contribution in [1.29, 1.82) is 0 Å². The first kappa shape index (κ1) is 14.1. The second-order valence-electron chi connectivity index (χ2n) is 5.41. The molecule has 0 atom stereocenters. The summed E-state index contributed by atoms with van der Waals surface area (Å²) in [6.45, 7) is 1.49. The summed E-state index contributed by atoms with van der Waals surface area (Å²) in [6.07, 6.45) is 6.76. The van der Waals surface area contributed by atoms with E-state index in [4.69, 9.17) is 9.84 Å². The minimum Gasteiger partial charge on any atom is -0.481 e. The van der Waals surface area contributed by atoms with Crippen LogP contribution in [0.15, 0.2) is 24.3 Å². The molecule has 0 amide bonds. The van der Waals surface area contributed by atoms with E-state index in [0.29, 0.717) is 6.61 Å². The molecule has 1 saturated carbocycles. The quantitative estimate of drug-likeness (QED) is 0.854. The Bertz CT molecular complexity index is 391. The van der Waals surface area contributed by atoms with Crippen LogP contribution >= 0.6 is 0 Å². The van der Waals surface area contributed by atoms with E-state index < -0.39 is 5.97 Å². The average Bonchev–Trinajstić information content (AvgIpc) is 2.41. The fourth-order valence-corrected chi connectivity index (χ4v) is 2.63. The lowest BCUT2D eigenvalue weighted by Crippen LogP contribution is -2.13. The van der Waals surface area contributed by atoms with Crippen LogP contribution in [-0.2, 0) is 22.6 Å². The molecule has 0 heterocycles. The van der Waals surface area contributed by atoms with Crippen LogP contribution in [0.2, 0.25) is 0 Å². The topological polar surface area (TPSA) is 46.5 Å². The van der Waals surface area contributed by atoms with E-state index >= 15 is 0 Å². The molecule has 3 heteroatoms. The molecule has 0 spiro atoms. The van der Waals surface area contributed by atoms with Crippen molar-refractivity contribution < 1.29 is 14.6 Å². The summed E-state index contributed by atoms with van der Waals surface area (Å²) in [6, 6.07) is 7.65. The molecule has 1 fully saturated rings. The van der Waals surface area contributed by atoms with Crippen LogP contribution in [0.1, 0.15) is 43.2 Å². The maximum atomic E-state index is 10.6. The number of carbonyl (C=O) groups is 1. The predicted octanol–water partition coefficient (Wildman–Crippen LogP) is 3.41. The standard InChI is InChI=1S/C16H22O3/c17-16(18)10-13-6-8-15(9-7-13)12-19-11-14-4-2-1-3-5-14/h6-9,14H,1-5,10-12H2,(H,17,18). The fourth-order valence-electron chi connectivity index (χ4n) is 2.63. The van der Waals surface area contributed by atoms with E-state index in [2.05, 4.69) is 0 Å². The number of carboxylic acids is 1. The van der Waals surface area contributed by atoms with E-state index in [1.54, 1.807) is 0 Å². The van der Waals surface area contributed by atoms with Crippen molar-refractivity contribution >= 4 is 5.97 Å². The number of hydrogen-bond acceptors (Lipinski definition) is 2. The Labute approximate surface area is 114 Å². The molecule has 3 nitrogen and oxygen atoms in total. The minimum atomic E-state index is -0.790. The SMILES string of the molecule is O=C(O)Cc1ccc(COCC2CCCCC2)cc1. The van der Waals surface area contributed by atoms with Crippen LogP contribution in [0.25, 0.3) is 0 Å². The molecule has 0 bridgehead atoms. The van der Waals surface area contributed by atoms with Gasteiger partial charge in [0.05, 0.1) is 13.0 Å². The highest BCUT2D eigenvalue weighted by Crippen LogP contribution is 2.23. The van der Waals surface area contributed by atoms with Crippen molar-refractivity contribution in [3.63, 3.8) is 0 Å². The van der Waals surface area contributed by atoms with Gasteiger partial charge in [0.15, 0.2) is 0 Å². The van der Waals surface area contributed by atoms with E-state index in [9.17, 15) is 4.79 Å². The average molecular weight is 262 g/mol. The van der Waals surface area contributed by atoms with E-state index in [1.165, 1.54) is 32.1 Å². The van der Waals surface area contributed by atoms with Gasteiger partial charge in [0.25, 0.3) is 0 Å². The van der Waals surface area contributed by atoms with E-state index in [1.807, 2.05) is 24.3 Å². The highest BCUT2D eigenvalue weighted by atomic mass is 16.5. The zero-order chi connectivity index (χ0) is 13.5. The molecule has 0 saturated heterocycles. The monoisotopic (exact) mass is 262 g/mol. The van der Waals surface area contributed by atoms with Crippen molar-refractivity contribution in [2.24, 2.45) is 5.92 Å². The highest BCUT2D eigenvalue weighted by Gasteiger charge is 2.13. The van der Waals surface area contributed by atoms with Crippen molar-refractivity contribution in [3.05, 3.63) is 35.4 Å². The summed E-state index contributed by atoms with van der Waals surface area (Å²) in [5, 5.41) is 8.70. The van der Waals surface area contributed by atoms with Gasteiger partial charge in [-0.05, 0) is 29.9 Å². The molecule has 0 unspecified atom stereocenters. The molecular formula is C16H22O3. The van der Waals surface area contributed by atoms with Crippen LogP contribution in [0, 0.1) is 5.92 Å². The normalized spacial score (nSPS) is 16.4. The molecule has 1 aromatic rings. The molecule has 0 aromatic heterocycles.